The fraction of sp³-hybridized carbons (Fsp3) is 0.182. The van der Waals surface area contributed by atoms with Crippen LogP contribution in [0.1, 0.15) is 5.56 Å². The van der Waals surface area contributed by atoms with Crippen molar-refractivity contribution in [2.75, 3.05) is 11.5 Å². The first-order valence-electron chi connectivity index (χ1n) is 5.33. The van der Waals surface area contributed by atoms with Gasteiger partial charge in [-0.2, -0.15) is 10.4 Å². The third kappa shape index (κ3) is 3.56. The maximum atomic E-state index is 12.0. The average molecular weight is 294 g/mol. The lowest BCUT2D eigenvalue weighted by Gasteiger charge is -2.03. The van der Waals surface area contributed by atoms with Crippen molar-refractivity contribution in [1.29, 1.82) is 5.26 Å². The van der Waals surface area contributed by atoms with Gasteiger partial charge in [0.1, 0.15) is 6.33 Å². The molecular weight excluding hydrogens is 284 g/mol. The molecule has 1 N–H and O–H groups in total. The summed E-state index contributed by atoms with van der Waals surface area (Å²) in [6.45, 7) is 0. The molecule has 0 fully saturated rings. The summed E-state index contributed by atoms with van der Waals surface area (Å²) in [4.78, 5) is 4.12. The van der Waals surface area contributed by atoms with Crippen LogP contribution in [0.15, 0.2) is 40.6 Å². The maximum absolute atomic E-state index is 12.0. The van der Waals surface area contributed by atoms with Crippen molar-refractivity contribution in [3.8, 4) is 6.07 Å². The molecule has 8 heteroatoms. The van der Waals surface area contributed by atoms with Crippen LogP contribution in [0.3, 0.4) is 0 Å². The molecule has 98 valence electrons. The van der Waals surface area contributed by atoms with E-state index in [9.17, 15) is 8.42 Å². The summed E-state index contributed by atoms with van der Waals surface area (Å²) in [5, 5.41) is 15.6. The van der Waals surface area contributed by atoms with Crippen LogP contribution in [-0.4, -0.2) is 35.1 Å². The largest absolute Gasteiger partial charge is 0.254 e. The second-order valence-corrected chi connectivity index (χ2v) is 6.79. The summed E-state index contributed by atoms with van der Waals surface area (Å²) in [5.74, 6) is 0.391. The van der Waals surface area contributed by atoms with Crippen molar-refractivity contribution in [1.82, 2.24) is 15.2 Å². The van der Waals surface area contributed by atoms with Gasteiger partial charge in [0.15, 0.2) is 15.0 Å². The van der Waals surface area contributed by atoms with Gasteiger partial charge in [-0.1, -0.05) is 11.8 Å². The highest BCUT2D eigenvalue weighted by atomic mass is 32.2. The molecule has 2 aromatic rings. The van der Waals surface area contributed by atoms with Crippen molar-refractivity contribution >= 4 is 21.6 Å². The van der Waals surface area contributed by atoms with Crippen molar-refractivity contribution in [2.45, 2.75) is 10.1 Å². The fourth-order valence-corrected chi connectivity index (χ4v) is 3.80. The number of hydrogen-bond acceptors (Lipinski definition) is 6. The number of nitrogens with zero attached hydrogens (tertiary/aromatic N) is 3. The van der Waals surface area contributed by atoms with E-state index in [1.807, 2.05) is 6.07 Å². The Balaban J connectivity index is 1.99. The zero-order chi connectivity index (χ0) is 13.7. The number of aromatic nitrogens is 3. The molecule has 6 nitrogen and oxygen atoms in total. The van der Waals surface area contributed by atoms with Gasteiger partial charge in [0.2, 0.25) is 0 Å². The normalized spacial score (nSPS) is 11.1. The van der Waals surface area contributed by atoms with E-state index in [1.54, 1.807) is 0 Å². The summed E-state index contributed by atoms with van der Waals surface area (Å²) in [6.07, 6.45) is 1.37. The minimum Gasteiger partial charge on any atom is -0.254 e. The van der Waals surface area contributed by atoms with Gasteiger partial charge >= 0.3 is 0 Å². The number of aromatic amines is 1. The van der Waals surface area contributed by atoms with Crippen LogP contribution in [0.4, 0.5) is 0 Å². The monoisotopic (exact) mass is 294 g/mol. The van der Waals surface area contributed by atoms with Crippen molar-refractivity contribution in [2.24, 2.45) is 0 Å². The van der Waals surface area contributed by atoms with E-state index in [-0.39, 0.29) is 10.6 Å². The molecule has 0 spiro atoms. The molecule has 0 saturated heterocycles. The zero-order valence-corrected chi connectivity index (χ0v) is 11.4. The molecule has 0 aliphatic rings. The molecule has 0 radical (unpaired) electrons. The smallest absolute Gasteiger partial charge is 0.183 e. The predicted molar refractivity (Wildman–Crippen MR) is 70.3 cm³/mol. The third-order valence-corrected chi connectivity index (χ3v) is 5.20. The molecule has 0 unspecified atom stereocenters. The number of nitriles is 1. The van der Waals surface area contributed by atoms with Crippen LogP contribution in [0.2, 0.25) is 0 Å². The van der Waals surface area contributed by atoms with Crippen LogP contribution in [0, 0.1) is 11.3 Å². The van der Waals surface area contributed by atoms with Gasteiger partial charge < -0.3 is 0 Å². The zero-order valence-electron chi connectivity index (χ0n) is 9.78. The lowest BCUT2D eigenvalue weighted by Crippen LogP contribution is -2.09. The van der Waals surface area contributed by atoms with E-state index in [4.69, 9.17) is 5.26 Å². The molecule has 1 aromatic heterocycles. The molecule has 0 bridgehead atoms. The molecule has 0 saturated carbocycles. The van der Waals surface area contributed by atoms with Gasteiger partial charge in [0.05, 0.1) is 22.3 Å². The van der Waals surface area contributed by atoms with Gasteiger partial charge in [-0.3, -0.25) is 5.10 Å². The Hall–Kier alpha value is -1.85. The molecule has 19 heavy (non-hydrogen) atoms. The first-order valence-corrected chi connectivity index (χ1v) is 7.97. The van der Waals surface area contributed by atoms with Gasteiger partial charge in [-0.05, 0) is 24.3 Å². The minimum atomic E-state index is -3.33. The Morgan fingerprint density at radius 3 is 2.63 bits per heavy atom. The van der Waals surface area contributed by atoms with Gasteiger partial charge in [-0.15, -0.1) is 0 Å². The number of hydrogen-bond donors (Lipinski definition) is 1. The Morgan fingerprint density at radius 2 is 2.05 bits per heavy atom. The summed E-state index contributed by atoms with van der Waals surface area (Å²) in [7, 11) is -3.33. The molecule has 2 rings (SSSR count). The van der Waals surface area contributed by atoms with Crippen molar-refractivity contribution in [3.05, 3.63) is 36.2 Å². The SMILES string of the molecule is N#Cc1ccc(S(=O)(=O)CCSc2ncn[nH]2)cc1. The number of nitrogens with one attached hydrogen (secondary N) is 1. The van der Waals surface area contributed by atoms with Crippen LogP contribution in [0.5, 0.6) is 0 Å². The van der Waals surface area contributed by atoms with Gasteiger partial charge in [0, 0.05) is 5.75 Å². The summed E-state index contributed by atoms with van der Waals surface area (Å²) in [5.41, 5.74) is 0.440. The van der Waals surface area contributed by atoms with Crippen molar-refractivity contribution in [3.63, 3.8) is 0 Å². The summed E-state index contributed by atoms with van der Waals surface area (Å²) < 4.78 is 24.0. The van der Waals surface area contributed by atoms with E-state index in [2.05, 4.69) is 15.2 Å². The number of thioether (sulfide) groups is 1. The first-order chi connectivity index (χ1) is 9.12. The lowest BCUT2D eigenvalue weighted by atomic mass is 10.2. The second kappa shape index (κ2) is 5.86. The van der Waals surface area contributed by atoms with E-state index < -0.39 is 9.84 Å². The average Bonchev–Trinajstić information content (AvgIpc) is 2.92. The summed E-state index contributed by atoms with van der Waals surface area (Å²) in [6, 6.07) is 7.84. The van der Waals surface area contributed by atoms with Crippen LogP contribution < -0.4 is 0 Å². The minimum absolute atomic E-state index is 0.00423. The lowest BCUT2D eigenvalue weighted by molar-refractivity contribution is 0.597. The molecule has 0 amide bonds. The Bertz CT molecular complexity index is 672. The molecule has 0 aliphatic heterocycles. The third-order valence-electron chi connectivity index (χ3n) is 2.33. The van der Waals surface area contributed by atoms with Gasteiger partial charge in [-0.25, -0.2) is 13.4 Å². The molecule has 1 aromatic carbocycles. The number of rotatable bonds is 5. The molecule has 1 heterocycles. The maximum Gasteiger partial charge on any atom is 0.183 e. The standard InChI is InChI=1S/C11H10N4O2S2/c12-7-9-1-3-10(4-2-9)19(16,17)6-5-18-11-13-8-14-15-11/h1-4,8H,5-6H2,(H,13,14,15). The number of sulfone groups is 1. The fourth-order valence-electron chi connectivity index (χ4n) is 1.37. The van der Waals surface area contributed by atoms with Crippen molar-refractivity contribution < 1.29 is 8.42 Å². The topological polar surface area (TPSA) is 99.5 Å². The highest BCUT2D eigenvalue weighted by Gasteiger charge is 2.14. The Kier molecular flexibility index (Phi) is 4.19. The Labute approximate surface area is 114 Å². The van der Waals surface area contributed by atoms with E-state index in [0.717, 1.165) is 0 Å². The van der Waals surface area contributed by atoms with Crippen LogP contribution in [0.25, 0.3) is 0 Å². The van der Waals surface area contributed by atoms with E-state index in [0.29, 0.717) is 16.5 Å². The quantitative estimate of drug-likeness (QED) is 0.833. The Morgan fingerprint density at radius 1 is 1.32 bits per heavy atom. The van der Waals surface area contributed by atoms with Gasteiger partial charge in [0.25, 0.3) is 0 Å². The number of benzene rings is 1. The number of H-pyrrole nitrogens is 1. The predicted octanol–water partition coefficient (Wildman–Crippen LogP) is 1.24. The van der Waals surface area contributed by atoms with Crippen LogP contribution in [-0.2, 0) is 9.84 Å². The molecular formula is C11H10N4O2S2. The highest BCUT2D eigenvalue weighted by molar-refractivity contribution is 8.00. The highest BCUT2D eigenvalue weighted by Crippen LogP contribution is 2.16. The van der Waals surface area contributed by atoms with E-state index in [1.165, 1.54) is 42.4 Å². The van der Waals surface area contributed by atoms with E-state index >= 15 is 0 Å². The second-order valence-electron chi connectivity index (χ2n) is 3.59. The summed E-state index contributed by atoms with van der Waals surface area (Å²) >= 11 is 1.30. The molecule has 0 aliphatic carbocycles. The van der Waals surface area contributed by atoms with Crippen LogP contribution >= 0.6 is 11.8 Å². The molecule has 0 atom stereocenters. The first kappa shape index (κ1) is 13.6.